The zero-order valence-corrected chi connectivity index (χ0v) is 9.30. The van der Waals surface area contributed by atoms with Crippen molar-refractivity contribution in [2.45, 2.75) is 13.8 Å². The monoisotopic (exact) mass is 232 g/mol. The summed E-state index contributed by atoms with van der Waals surface area (Å²) in [7, 11) is 0. The van der Waals surface area contributed by atoms with Gasteiger partial charge in [-0.25, -0.2) is 4.98 Å². The minimum Gasteiger partial charge on any atom is -0.259 e. The zero-order chi connectivity index (χ0) is 10.7. The molecule has 0 unspecified atom stereocenters. The fourth-order valence-corrected chi connectivity index (χ4v) is 1.77. The van der Waals surface area contributed by atoms with E-state index in [1.165, 1.54) is 23.6 Å². The van der Waals surface area contributed by atoms with Crippen molar-refractivity contribution in [1.29, 1.82) is 0 Å². The van der Waals surface area contributed by atoms with E-state index < -0.39 is 0 Å². The molecule has 0 aliphatic rings. The summed E-state index contributed by atoms with van der Waals surface area (Å²) in [4.78, 5) is 14.2. The molecule has 1 aromatic rings. The molecule has 0 saturated heterocycles. The van der Waals surface area contributed by atoms with Crippen LogP contribution in [0.2, 0.25) is 4.34 Å². The average Bonchev–Trinajstić information content (AvgIpc) is 2.46. The van der Waals surface area contributed by atoms with E-state index in [4.69, 9.17) is 11.6 Å². The number of nitrogens with zero attached hydrogens (tertiary/aromatic N) is 2. The Morgan fingerprint density at radius 3 is 2.79 bits per heavy atom. The number of rotatable bonds is 3. The topological polar surface area (TPSA) is 56.0 Å². The molecule has 0 bridgehead atoms. The maximum Gasteiger partial charge on any atom is 0.251 e. The van der Waals surface area contributed by atoms with E-state index in [1.807, 2.05) is 0 Å². The largest absolute Gasteiger partial charge is 0.259 e. The Balaban J connectivity index is 2.99. The van der Waals surface area contributed by atoms with Crippen LogP contribution in [0.15, 0.2) is 11.9 Å². The normalized spacial score (nSPS) is 12.1. The van der Waals surface area contributed by atoms with E-state index in [1.54, 1.807) is 13.8 Å². The highest BCUT2D eigenvalue weighted by atomic mass is 35.5. The van der Waals surface area contributed by atoms with Crippen LogP contribution in [0.25, 0.3) is 6.08 Å². The van der Waals surface area contributed by atoms with Crippen molar-refractivity contribution in [3.63, 3.8) is 0 Å². The van der Waals surface area contributed by atoms with Crippen LogP contribution in [-0.4, -0.2) is 9.91 Å². The number of hydrogen-bond acceptors (Lipinski definition) is 4. The van der Waals surface area contributed by atoms with Gasteiger partial charge in [0.15, 0.2) is 0 Å². The van der Waals surface area contributed by atoms with Crippen LogP contribution in [0, 0.1) is 16.0 Å². The average molecular weight is 233 g/mol. The molecule has 0 radical (unpaired) electrons. The molecule has 0 aliphatic heterocycles. The first kappa shape index (κ1) is 11.1. The van der Waals surface area contributed by atoms with Gasteiger partial charge in [0.2, 0.25) is 0 Å². The molecule has 1 rings (SSSR count). The molecule has 0 spiro atoms. The summed E-state index contributed by atoms with van der Waals surface area (Å²) in [6.45, 7) is 3.54. The molecule has 0 saturated carbocycles. The first-order valence-corrected chi connectivity index (χ1v) is 5.17. The van der Waals surface area contributed by atoms with Crippen LogP contribution < -0.4 is 0 Å². The molecule has 0 atom stereocenters. The van der Waals surface area contributed by atoms with E-state index >= 15 is 0 Å². The molecular weight excluding hydrogens is 224 g/mol. The third-order valence-corrected chi connectivity index (χ3v) is 2.63. The van der Waals surface area contributed by atoms with Gasteiger partial charge < -0.3 is 0 Å². The lowest BCUT2D eigenvalue weighted by atomic mass is 10.1. The summed E-state index contributed by atoms with van der Waals surface area (Å²) in [6, 6.07) is 0. The van der Waals surface area contributed by atoms with E-state index in [-0.39, 0.29) is 16.5 Å². The van der Waals surface area contributed by atoms with Gasteiger partial charge in [0.05, 0.1) is 11.1 Å². The van der Waals surface area contributed by atoms with Crippen LogP contribution in [0.1, 0.15) is 18.9 Å². The number of thiazole rings is 1. The van der Waals surface area contributed by atoms with Gasteiger partial charge in [-0.05, 0) is 0 Å². The SMILES string of the molecule is CC(C)/C(=C/c1ncc(Cl)s1)[N+](=O)[O-]. The summed E-state index contributed by atoms with van der Waals surface area (Å²) in [5, 5.41) is 11.2. The smallest absolute Gasteiger partial charge is 0.251 e. The molecule has 6 heteroatoms. The Morgan fingerprint density at radius 1 is 1.79 bits per heavy atom. The van der Waals surface area contributed by atoms with Crippen molar-refractivity contribution in [2.24, 2.45) is 5.92 Å². The van der Waals surface area contributed by atoms with Crippen molar-refractivity contribution in [2.75, 3.05) is 0 Å². The van der Waals surface area contributed by atoms with Gasteiger partial charge in [0.25, 0.3) is 5.70 Å². The number of allylic oxidation sites excluding steroid dienone is 1. The Hall–Kier alpha value is -0.940. The van der Waals surface area contributed by atoms with E-state index in [2.05, 4.69) is 4.98 Å². The fraction of sp³-hybridized carbons (Fsp3) is 0.375. The second kappa shape index (κ2) is 4.52. The summed E-state index contributed by atoms with van der Waals surface area (Å²) >= 11 is 6.88. The van der Waals surface area contributed by atoms with Crippen molar-refractivity contribution < 1.29 is 4.92 Å². The second-order valence-corrected chi connectivity index (χ2v) is 4.68. The fourth-order valence-electron chi connectivity index (χ4n) is 0.890. The van der Waals surface area contributed by atoms with Crippen molar-refractivity contribution in [3.8, 4) is 0 Å². The maximum atomic E-state index is 10.6. The van der Waals surface area contributed by atoms with Gasteiger partial charge in [-0.2, -0.15) is 0 Å². The lowest BCUT2D eigenvalue weighted by Crippen LogP contribution is -2.05. The van der Waals surface area contributed by atoms with Crippen molar-refractivity contribution in [3.05, 3.63) is 31.4 Å². The van der Waals surface area contributed by atoms with E-state index in [0.29, 0.717) is 9.34 Å². The molecule has 0 fully saturated rings. The lowest BCUT2D eigenvalue weighted by molar-refractivity contribution is -0.431. The van der Waals surface area contributed by atoms with Crippen LogP contribution in [0.4, 0.5) is 0 Å². The molecule has 1 aromatic heterocycles. The zero-order valence-electron chi connectivity index (χ0n) is 7.73. The van der Waals surface area contributed by atoms with Crippen molar-refractivity contribution >= 4 is 29.0 Å². The lowest BCUT2D eigenvalue weighted by Gasteiger charge is -1.99. The Kier molecular flexibility index (Phi) is 3.60. The molecule has 4 nitrogen and oxygen atoms in total. The Bertz CT molecular complexity index is 373. The minimum absolute atomic E-state index is 0.132. The molecule has 0 N–H and O–H groups in total. The number of hydrogen-bond donors (Lipinski definition) is 0. The Morgan fingerprint density at radius 2 is 2.43 bits per heavy atom. The highest BCUT2D eigenvalue weighted by molar-refractivity contribution is 7.16. The molecular formula is C8H9ClN2O2S. The highest BCUT2D eigenvalue weighted by Gasteiger charge is 2.16. The quantitative estimate of drug-likeness (QED) is 0.595. The van der Waals surface area contributed by atoms with Gasteiger partial charge in [-0.3, -0.25) is 10.1 Å². The molecule has 14 heavy (non-hydrogen) atoms. The minimum atomic E-state index is -0.389. The van der Waals surface area contributed by atoms with E-state index in [0.717, 1.165) is 0 Å². The molecule has 76 valence electrons. The summed E-state index contributed by atoms with van der Waals surface area (Å²) < 4.78 is 0.530. The van der Waals surface area contributed by atoms with Crippen LogP contribution >= 0.6 is 22.9 Å². The standard InChI is InChI=1S/C8H9ClN2O2S/c1-5(2)6(11(12)13)3-8-10-4-7(9)14-8/h3-5H,1-2H3/b6-3-. The van der Waals surface area contributed by atoms with Crippen LogP contribution in [0.3, 0.4) is 0 Å². The Labute approximate surface area is 90.4 Å². The summed E-state index contributed by atoms with van der Waals surface area (Å²) in [6.07, 6.45) is 2.94. The van der Waals surface area contributed by atoms with Gasteiger partial charge in [-0.15, -0.1) is 11.3 Å². The van der Waals surface area contributed by atoms with Gasteiger partial charge in [0, 0.05) is 12.0 Å². The van der Waals surface area contributed by atoms with Crippen LogP contribution in [-0.2, 0) is 0 Å². The third-order valence-electron chi connectivity index (χ3n) is 1.57. The highest BCUT2D eigenvalue weighted by Crippen LogP contribution is 2.22. The number of halogens is 1. The summed E-state index contributed by atoms with van der Waals surface area (Å²) in [5.41, 5.74) is 0.149. The predicted octanol–water partition coefficient (Wildman–Crippen LogP) is 3.07. The molecule has 1 heterocycles. The maximum absolute atomic E-state index is 10.6. The number of aromatic nitrogens is 1. The number of nitro groups is 1. The molecule has 0 amide bonds. The van der Waals surface area contributed by atoms with E-state index in [9.17, 15) is 10.1 Å². The first-order chi connectivity index (χ1) is 6.50. The van der Waals surface area contributed by atoms with Gasteiger partial charge >= 0.3 is 0 Å². The molecule has 0 aliphatic carbocycles. The van der Waals surface area contributed by atoms with Gasteiger partial charge in [-0.1, -0.05) is 25.4 Å². The van der Waals surface area contributed by atoms with Crippen LogP contribution in [0.5, 0.6) is 0 Å². The van der Waals surface area contributed by atoms with Crippen molar-refractivity contribution in [1.82, 2.24) is 4.98 Å². The molecule has 0 aromatic carbocycles. The second-order valence-electron chi connectivity index (χ2n) is 2.98. The van der Waals surface area contributed by atoms with Gasteiger partial charge in [0.1, 0.15) is 9.34 Å². The third kappa shape index (κ3) is 2.78. The predicted molar refractivity (Wildman–Crippen MR) is 56.9 cm³/mol. The summed E-state index contributed by atoms with van der Waals surface area (Å²) in [5.74, 6) is -0.132. The first-order valence-electron chi connectivity index (χ1n) is 3.98.